The van der Waals surface area contributed by atoms with Crippen LogP contribution in [0.1, 0.15) is 16.8 Å². The minimum absolute atomic E-state index is 0.188. The van der Waals surface area contributed by atoms with Gasteiger partial charge < -0.3 is 15.5 Å². The number of phenolic OH excluding ortho intramolecular Hbond substituents is 2. The highest BCUT2D eigenvalue weighted by atomic mass is 19.1. The Hall–Kier alpha value is -3.68. The third-order valence-corrected chi connectivity index (χ3v) is 3.69. The number of hydrogen-bond donors (Lipinski definition) is 3. The van der Waals surface area contributed by atoms with Crippen molar-refractivity contribution in [2.24, 2.45) is 0 Å². The van der Waals surface area contributed by atoms with Crippen molar-refractivity contribution in [3.05, 3.63) is 77.4 Å². The van der Waals surface area contributed by atoms with Crippen LogP contribution in [0.25, 0.3) is 6.08 Å². The van der Waals surface area contributed by atoms with Crippen molar-refractivity contribution < 1.29 is 19.4 Å². The van der Waals surface area contributed by atoms with Gasteiger partial charge in [0.25, 0.3) is 0 Å². The third kappa shape index (κ3) is 5.15. The zero-order chi connectivity index (χ0) is 19.2. The molecule has 0 radical (unpaired) electrons. The van der Waals surface area contributed by atoms with Gasteiger partial charge in [-0.05, 0) is 41.5 Å². The Morgan fingerprint density at radius 2 is 2.04 bits per heavy atom. The first-order chi connectivity index (χ1) is 13.0. The number of carbonyl (C=O) groups excluding carboxylic acids is 1. The molecule has 0 saturated heterocycles. The lowest BCUT2D eigenvalue weighted by Crippen LogP contribution is -2.20. The normalized spacial score (nSPS) is 11.0. The summed E-state index contributed by atoms with van der Waals surface area (Å²) in [7, 11) is 0. The summed E-state index contributed by atoms with van der Waals surface area (Å²) in [5, 5.41) is 29.3. The summed E-state index contributed by atoms with van der Waals surface area (Å²) in [6, 6.07) is 10.5. The van der Waals surface area contributed by atoms with Gasteiger partial charge in [0.05, 0.1) is 19.3 Å². The maximum atomic E-state index is 13.2. The van der Waals surface area contributed by atoms with Crippen LogP contribution in [0.5, 0.6) is 11.5 Å². The fourth-order valence-corrected chi connectivity index (χ4v) is 2.37. The maximum absolute atomic E-state index is 13.2. The fourth-order valence-electron chi connectivity index (χ4n) is 2.37. The number of hydrogen-bond acceptors (Lipinski definition) is 5. The van der Waals surface area contributed by atoms with Gasteiger partial charge in [0, 0.05) is 6.08 Å². The van der Waals surface area contributed by atoms with Gasteiger partial charge >= 0.3 is 0 Å². The van der Waals surface area contributed by atoms with Crippen LogP contribution >= 0.6 is 0 Å². The van der Waals surface area contributed by atoms with Crippen LogP contribution in [-0.4, -0.2) is 31.1 Å². The van der Waals surface area contributed by atoms with Gasteiger partial charge in [-0.2, -0.15) is 0 Å². The lowest BCUT2D eigenvalue weighted by Gasteiger charge is -2.01. The van der Waals surface area contributed by atoms with Crippen LogP contribution in [0.15, 0.2) is 54.7 Å². The van der Waals surface area contributed by atoms with E-state index in [0.29, 0.717) is 17.8 Å². The molecule has 3 rings (SSSR count). The summed E-state index contributed by atoms with van der Waals surface area (Å²) in [4.78, 5) is 11.9. The molecule has 3 N–H and O–H groups in total. The van der Waals surface area contributed by atoms with Crippen molar-refractivity contribution >= 4 is 12.0 Å². The number of nitrogens with zero attached hydrogens (tertiary/aromatic N) is 3. The number of aromatic nitrogens is 3. The summed E-state index contributed by atoms with van der Waals surface area (Å²) in [6.45, 7) is 0.566. The van der Waals surface area contributed by atoms with Crippen LogP contribution in [0.3, 0.4) is 0 Å². The largest absolute Gasteiger partial charge is 0.504 e. The molecule has 0 aliphatic rings. The van der Waals surface area contributed by atoms with Crippen LogP contribution in [-0.2, 0) is 17.9 Å². The van der Waals surface area contributed by atoms with Crippen molar-refractivity contribution in [2.45, 2.75) is 13.1 Å². The number of benzene rings is 2. The number of phenols is 2. The van der Waals surface area contributed by atoms with Crippen LogP contribution < -0.4 is 5.32 Å². The zero-order valence-electron chi connectivity index (χ0n) is 14.2. The summed E-state index contributed by atoms with van der Waals surface area (Å²) >= 11 is 0. The fraction of sp³-hybridized carbons (Fsp3) is 0.105. The van der Waals surface area contributed by atoms with Crippen LogP contribution in [0.2, 0.25) is 0 Å². The van der Waals surface area contributed by atoms with Crippen molar-refractivity contribution in [2.75, 3.05) is 0 Å². The minimum atomic E-state index is -0.345. The number of amides is 1. The lowest BCUT2D eigenvalue weighted by atomic mass is 10.2. The molecule has 0 spiro atoms. The molecule has 138 valence electrons. The van der Waals surface area contributed by atoms with E-state index in [4.69, 9.17) is 0 Å². The van der Waals surface area contributed by atoms with E-state index in [9.17, 15) is 19.4 Å². The highest BCUT2D eigenvalue weighted by molar-refractivity contribution is 5.91. The van der Waals surface area contributed by atoms with Gasteiger partial charge in [-0.25, -0.2) is 9.07 Å². The van der Waals surface area contributed by atoms with Crippen LogP contribution in [0, 0.1) is 5.82 Å². The number of nitrogens with one attached hydrogen (secondary N) is 1. The summed E-state index contributed by atoms with van der Waals surface area (Å²) in [5.41, 5.74) is 1.90. The molecule has 0 atom stereocenters. The van der Waals surface area contributed by atoms with Crippen molar-refractivity contribution in [1.82, 2.24) is 20.3 Å². The number of aromatic hydroxyl groups is 2. The standard InChI is InChI=1S/C19H17FN4O3/c20-15-3-1-2-14(8-15)11-24-12-16(22-23-24)10-21-19(27)7-5-13-4-6-17(25)18(26)9-13/h1-9,12,25-26H,10-11H2,(H,21,27)/b7-5+. The molecule has 2 aromatic carbocycles. The molecule has 1 aromatic heterocycles. The highest BCUT2D eigenvalue weighted by Crippen LogP contribution is 2.25. The first-order valence-electron chi connectivity index (χ1n) is 8.11. The second-order valence-corrected chi connectivity index (χ2v) is 5.84. The SMILES string of the molecule is O=C(/C=C/c1ccc(O)c(O)c1)NCc1cn(Cc2cccc(F)c2)nn1. The smallest absolute Gasteiger partial charge is 0.244 e. The molecule has 0 aliphatic heterocycles. The van der Waals surface area contributed by atoms with Gasteiger partial charge in [-0.1, -0.05) is 23.4 Å². The Morgan fingerprint density at radius 1 is 1.19 bits per heavy atom. The molecular weight excluding hydrogens is 351 g/mol. The molecule has 8 heteroatoms. The first kappa shape index (κ1) is 18.1. The average Bonchev–Trinajstić information content (AvgIpc) is 3.08. The molecular formula is C19H17FN4O3. The molecule has 0 bridgehead atoms. The molecule has 0 aliphatic carbocycles. The van der Waals surface area contributed by atoms with Gasteiger partial charge in [-0.3, -0.25) is 4.79 Å². The quantitative estimate of drug-likeness (QED) is 0.458. The van der Waals surface area contributed by atoms with E-state index in [1.54, 1.807) is 29.1 Å². The predicted octanol–water partition coefficient (Wildman–Crippen LogP) is 2.21. The molecule has 0 unspecified atom stereocenters. The van der Waals surface area contributed by atoms with E-state index in [1.165, 1.54) is 36.4 Å². The second kappa shape index (κ2) is 8.13. The molecule has 27 heavy (non-hydrogen) atoms. The Morgan fingerprint density at radius 3 is 2.81 bits per heavy atom. The number of rotatable bonds is 6. The van der Waals surface area contributed by atoms with Crippen molar-refractivity contribution in [3.63, 3.8) is 0 Å². The summed E-state index contributed by atoms with van der Waals surface area (Å²) in [5.74, 6) is -1.14. The van der Waals surface area contributed by atoms with Gasteiger partial charge in [-0.15, -0.1) is 5.10 Å². The average molecular weight is 368 g/mol. The van der Waals surface area contributed by atoms with Gasteiger partial charge in [0.15, 0.2) is 11.5 Å². The number of halogens is 1. The van der Waals surface area contributed by atoms with Crippen LogP contribution in [0.4, 0.5) is 4.39 Å². The van der Waals surface area contributed by atoms with E-state index in [2.05, 4.69) is 15.6 Å². The number of carbonyl (C=O) groups is 1. The zero-order valence-corrected chi connectivity index (χ0v) is 14.2. The molecule has 3 aromatic rings. The van der Waals surface area contributed by atoms with E-state index in [0.717, 1.165) is 5.56 Å². The molecule has 0 saturated carbocycles. The van der Waals surface area contributed by atoms with Crippen molar-refractivity contribution in [3.8, 4) is 11.5 Å². The van der Waals surface area contributed by atoms with Gasteiger partial charge in [0.2, 0.25) is 5.91 Å². The van der Waals surface area contributed by atoms with E-state index >= 15 is 0 Å². The second-order valence-electron chi connectivity index (χ2n) is 5.84. The highest BCUT2D eigenvalue weighted by Gasteiger charge is 2.04. The molecule has 0 fully saturated rings. The minimum Gasteiger partial charge on any atom is -0.504 e. The van der Waals surface area contributed by atoms with E-state index in [-0.39, 0.29) is 29.8 Å². The lowest BCUT2D eigenvalue weighted by molar-refractivity contribution is -0.116. The Balaban J connectivity index is 1.52. The third-order valence-electron chi connectivity index (χ3n) is 3.69. The monoisotopic (exact) mass is 368 g/mol. The van der Waals surface area contributed by atoms with Gasteiger partial charge in [0.1, 0.15) is 11.5 Å². The van der Waals surface area contributed by atoms with Crippen molar-refractivity contribution in [1.29, 1.82) is 0 Å². The Bertz CT molecular complexity index is 985. The molecule has 1 amide bonds. The summed E-state index contributed by atoms with van der Waals surface area (Å²) in [6.07, 6.45) is 4.49. The predicted molar refractivity (Wildman–Crippen MR) is 96.2 cm³/mol. The summed E-state index contributed by atoms with van der Waals surface area (Å²) < 4.78 is 14.8. The molecule has 7 nitrogen and oxygen atoms in total. The Labute approximate surface area is 154 Å². The van der Waals surface area contributed by atoms with E-state index in [1.807, 2.05) is 0 Å². The first-order valence-corrected chi connectivity index (χ1v) is 8.11. The topological polar surface area (TPSA) is 100 Å². The Kier molecular flexibility index (Phi) is 5.46. The maximum Gasteiger partial charge on any atom is 0.244 e. The van der Waals surface area contributed by atoms with E-state index < -0.39 is 0 Å². The molecule has 1 heterocycles.